The normalized spacial score (nSPS) is 11.9. The van der Waals surface area contributed by atoms with E-state index in [4.69, 9.17) is 4.74 Å². The van der Waals surface area contributed by atoms with E-state index in [2.05, 4.69) is 27.9 Å². The third kappa shape index (κ3) is 5.19. The average Bonchev–Trinajstić information content (AvgIpc) is 3.11. The fraction of sp³-hybridized carbons (Fsp3) is 0.474. The summed E-state index contributed by atoms with van der Waals surface area (Å²) in [6.07, 6.45) is 2.71. The number of ether oxygens (including phenoxy) is 1. The van der Waals surface area contributed by atoms with Gasteiger partial charge in [0.2, 0.25) is 0 Å². The second-order valence-corrected chi connectivity index (χ2v) is 7.48. The molecular formula is C19H28N4O2S. The van der Waals surface area contributed by atoms with Crippen molar-refractivity contribution in [2.45, 2.75) is 27.2 Å². The number of methoxy groups -OCH3 is 1. The number of rotatable bonds is 9. The molecule has 0 aliphatic heterocycles. The van der Waals surface area contributed by atoms with Crippen molar-refractivity contribution in [1.82, 2.24) is 10.3 Å². The van der Waals surface area contributed by atoms with Crippen LogP contribution in [0.1, 0.15) is 34.1 Å². The van der Waals surface area contributed by atoms with Crippen LogP contribution in [-0.4, -0.2) is 38.1 Å². The molecule has 3 N–H and O–H groups in total. The second kappa shape index (κ2) is 9.54. The molecule has 0 saturated heterocycles. The predicted octanol–water partition coefficient (Wildman–Crippen LogP) is 3.68. The van der Waals surface area contributed by atoms with Gasteiger partial charge in [-0.25, -0.2) is 4.98 Å². The molecule has 0 saturated carbocycles. The molecule has 1 atom stereocenters. The number of benzene rings is 1. The van der Waals surface area contributed by atoms with Crippen LogP contribution in [0.25, 0.3) is 0 Å². The molecule has 0 bridgehead atoms. The van der Waals surface area contributed by atoms with Crippen molar-refractivity contribution in [1.29, 1.82) is 0 Å². The van der Waals surface area contributed by atoms with E-state index in [-0.39, 0.29) is 5.91 Å². The number of carbonyl (C=O) groups excluding carboxylic acids is 1. The van der Waals surface area contributed by atoms with Gasteiger partial charge in [0.1, 0.15) is 10.6 Å². The highest BCUT2D eigenvalue weighted by Gasteiger charge is 2.15. The highest BCUT2D eigenvalue weighted by Crippen LogP contribution is 2.30. The van der Waals surface area contributed by atoms with E-state index in [0.29, 0.717) is 10.8 Å². The van der Waals surface area contributed by atoms with Gasteiger partial charge in [-0.05, 0) is 51.4 Å². The van der Waals surface area contributed by atoms with Gasteiger partial charge in [-0.1, -0.05) is 24.3 Å². The van der Waals surface area contributed by atoms with Gasteiger partial charge in [-0.15, -0.1) is 0 Å². The molecule has 0 radical (unpaired) electrons. The lowest BCUT2D eigenvalue weighted by atomic mass is 10.1. The summed E-state index contributed by atoms with van der Waals surface area (Å²) in [6, 6.07) is 3.85. The molecular weight excluding hydrogens is 348 g/mol. The van der Waals surface area contributed by atoms with Crippen LogP contribution in [0.5, 0.6) is 5.75 Å². The summed E-state index contributed by atoms with van der Waals surface area (Å²) in [5.74, 6) is 1.14. The van der Waals surface area contributed by atoms with Gasteiger partial charge < -0.3 is 20.7 Å². The van der Waals surface area contributed by atoms with Crippen LogP contribution in [0, 0.1) is 19.8 Å². The summed E-state index contributed by atoms with van der Waals surface area (Å²) in [5, 5.41) is 10.2. The van der Waals surface area contributed by atoms with Gasteiger partial charge >= 0.3 is 0 Å². The third-order valence-corrected chi connectivity index (χ3v) is 5.25. The molecule has 1 heterocycles. The van der Waals surface area contributed by atoms with Gasteiger partial charge in [-0.3, -0.25) is 4.79 Å². The topological polar surface area (TPSA) is 75.3 Å². The Hall–Kier alpha value is -2.12. The van der Waals surface area contributed by atoms with Crippen LogP contribution >= 0.6 is 11.3 Å². The minimum Gasteiger partial charge on any atom is -0.496 e. The Kier molecular flexibility index (Phi) is 7.41. The zero-order valence-electron chi connectivity index (χ0n) is 16.1. The molecule has 7 heteroatoms. The summed E-state index contributed by atoms with van der Waals surface area (Å²) >= 11 is 1.37. The second-order valence-electron chi connectivity index (χ2n) is 6.45. The van der Waals surface area contributed by atoms with E-state index in [0.717, 1.165) is 47.2 Å². The number of nitrogens with zero attached hydrogens (tertiary/aromatic N) is 1. The number of aromatic nitrogens is 1. The average molecular weight is 377 g/mol. The quantitative estimate of drug-likeness (QED) is 0.622. The van der Waals surface area contributed by atoms with Crippen molar-refractivity contribution in [3.05, 3.63) is 34.3 Å². The predicted molar refractivity (Wildman–Crippen MR) is 109 cm³/mol. The Balaban J connectivity index is 2.00. The highest BCUT2D eigenvalue weighted by atomic mass is 32.1. The summed E-state index contributed by atoms with van der Waals surface area (Å²) in [6.45, 7) is 7.93. The molecule has 26 heavy (non-hydrogen) atoms. The Labute approximate surface area is 159 Å². The van der Waals surface area contributed by atoms with Gasteiger partial charge in [0.15, 0.2) is 5.13 Å². The van der Waals surface area contributed by atoms with E-state index in [1.165, 1.54) is 11.3 Å². The van der Waals surface area contributed by atoms with Gasteiger partial charge in [0.05, 0.1) is 19.0 Å². The van der Waals surface area contributed by atoms with Crippen molar-refractivity contribution in [3.8, 4) is 5.75 Å². The molecule has 2 rings (SSSR count). The molecule has 0 aliphatic carbocycles. The van der Waals surface area contributed by atoms with Crippen molar-refractivity contribution < 1.29 is 9.53 Å². The molecule has 142 valence electrons. The van der Waals surface area contributed by atoms with Gasteiger partial charge in [-0.2, -0.15) is 0 Å². The first kappa shape index (κ1) is 20.2. The monoisotopic (exact) mass is 376 g/mol. The van der Waals surface area contributed by atoms with Gasteiger partial charge in [0.25, 0.3) is 5.91 Å². The SMILES string of the molecule is CNCCC(C)CNc1ncc(C(=O)Nc2c(C)ccc(OC)c2C)s1. The number of hydrogen-bond acceptors (Lipinski definition) is 6. The van der Waals surface area contributed by atoms with Crippen molar-refractivity contribution in [3.63, 3.8) is 0 Å². The van der Waals surface area contributed by atoms with E-state index in [1.807, 2.05) is 33.0 Å². The number of hydrogen-bond donors (Lipinski definition) is 3. The molecule has 0 aliphatic rings. The fourth-order valence-corrected chi connectivity index (χ4v) is 3.35. The molecule has 2 aromatic rings. The first-order valence-electron chi connectivity index (χ1n) is 8.76. The minimum absolute atomic E-state index is 0.154. The lowest BCUT2D eigenvalue weighted by Crippen LogP contribution is -2.17. The van der Waals surface area contributed by atoms with E-state index in [1.54, 1.807) is 13.3 Å². The largest absolute Gasteiger partial charge is 0.496 e. The van der Waals surface area contributed by atoms with Crippen LogP contribution < -0.4 is 20.7 Å². The maximum Gasteiger partial charge on any atom is 0.267 e. The summed E-state index contributed by atoms with van der Waals surface area (Å²) in [7, 11) is 3.58. The number of anilines is 2. The Bertz CT molecular complexity index is 745. The maximum atomic E-state index is 12.6. The molecule has 1 aromatic carbocycles. The smallest absolute Gasteiger partial charge is 0.267 e. The molecule has 1 unspecified atom stereocenters. The van der Waals surface area contributed by atoms with Gasteiger partial charge in [0, 0.05) is 12.1 Å². The number of amides is 1. The zero-order valence-corrected chi connectivity index (χ0v) is 16.9. The molecule has 0 spiro atoms. The summed E-state index contributed by atoms with van der Waals surface area (Å²) < 4.78 is 5.34. The van der Waals surface area contributed by atoms with Crippen molar-refractivity contribution in [2.75, 3.05) is 37.9 Å². The zero-order chi connectivity index (χ0) is 19.1. The lowest BCUT2D eigenvalue weighted by molar-refractivity contribution is 0.103. The first-order chi connectivity index (χ1) is 12.5. The number of nitrogens with one attached hydrogen (secondary N) is 3. The Morgan fingerprint density at radius 1 is 1.35 bits per heavy atom. The van der Waals surface area contributed by atoms with Crippen molar-refractivity contribution >= 4 is 28.1 Å². The fourth-order valence-electron chi connectivity index (χ4n) is 2.63. The molecule has 0 fully saturated rings. The Morgan fingerprint density at radius 3 is 2.81 bits per heavy atom. The minimum atomic E-state index is -0.154. The first-order valence-corrected chi connectivity index (χ1v) is 9.57. The van der Waals surface area contributed by atoms with Crippen LogP contribution in [0.4, 0.5) is 10.8 Å². The lowest BCUT2D eigenvalue weighted by Gasteiger charge is -2.14. The van der Waals surface area contributed by atoms with Crippen molar-refractivity contribution in [2.24, 2.45) is 5.92 Å². The number of thiazole rings is 1. The van der Waals surface area contributed by atoms with Crippen LogP contribution in [-0.2, 0) is 0 Å². The third-order valence-electron chi connectivity index (χ3n) is 4.30. The van der Waals surface area contributed by atoms with Crippen LogP contribution in [0.3, 0.4) is 0 Å². The van der Waals surface area contributed by atoms with E-state index >= 15 is 0 Å². The number of carbonyl (C=O) groups is 1. The Morgan fingerprint density at radius 2 is 2.12 bits per heavy atom. The van der Waals surface area contributed by atoms with Crippen LogP contribution in [0.2, 0.25) is 0 Å². The molecule has 1 aromatic heterocycles. The molecule has 1 amide bonds. The van der Waals surface area contributed by atoms with E-state index in [9.17, 15) is 4.79 Å². The molecule has 6 nitrogen and oxygen atoms in total. The highest BCUT2D eigenvalue weighted by molar-refractivity contribution is 7.17. The van der Waals surface area contributed by atoms with E-state index < -0.39 is 0 Å². The standard InChI is InChI=1S/C19H28N4O2S/c1-12(8-9-20-4)10-21-19-22-11-16(26-19)18(24)23-17-13(2)6-7-15(25-5)14(17)3/h6-7,11-12,20H,8-10H2,1-5H3,(H,21,22)(H,23,24). The maximum absolute atomic E-state index is 12.6. The number of aryl methyl sites for hydroxylation is 1. The van der Waals surface area contributed by atoms with Crippen LogP contribution in [0.15, 0.2) is 18.3 Å². The summed E-state index contributed by atoms with van der Waals surface area (Å²) in [5.41, 5.74) is 2.71. The summed E-state index contributed by atoms with van der Waals surface area (Å²) in [4.78, 5) is 17.5.